The molecule has 0 aliphatic carbocycles. The Morgan fingerprint density at radius 2 is 2.08 bits per heavy atom. The first-order valence-electron chi connectivity index (χ1n) is 6.83. The molecule has 0 saturated heterocycles. The third-order valence-electron chi connectivity index (χ3n) is 3.31. The fourth-order valence-electron chi connectivity index (χ4n) is 2.14. The summed E-state index contributed by atoms with van der Waals surface area (Å²) >= 11 is 7.11. The van der Waals surface area contributed by atoms with Crippen LogP contribution in [-0.4, -0.2) is 15.3 Å². The molecule has 0 bridgehead atoms. The topological polar surface area (TPSA) is 63.5 Å². The van der Waals surface area contributed by atoms with Gasteiger partial charge in [0.1, 0.15) is 5.56 Å². The molecule has 25 heavy (non-hydrogen) atoms. The Morgan fingerprint density at radius 3 is 2.76 bits per heavy atom. The summed E-state index contributed by atoms with van der Waals surface area (Å²) in [6, 6.07) is 2.53. The number of aromatic nitrogens is 2. The van der Waals surface area contributed by atoms with Gasteiger partial charge in [-0.15, -0.1) is 11.3 Å². The maximum absolute atomic E-state index is 12.8. The molecule has 0 spiro atoms. The number of fused-ring (bicyclic) bond motifs is 1. The molecule has 2 aromatic heterocycles. The number of hydrogen-bond acceptors (Lipinski definition) is 4. The molecule has 2 heterocycles. The van der Waals surface area contributed by atoms with Crippen LogP contribution in [0.1, 0.15) is 20.8 Å². The van der Waals surface area contributed by atoms with Gasteiger partial charge in [-0.25, -0.2) is 4.98 Å². The number of alkyl halides is 3. The summed E-state index contributed by atoms with van der Waals surface area (Å²) < 4.78 is 39.6. The lowest BCUT2D eigenvalue weighted by Gasteiger charge is -2.11. The van der Waals surface area contributed by atoms with Gasteiger partial charge in [0.2, 0.25) is 0 Å². The molecule has 0 fully saturated rings. The number of thiazole rings is 1. The fourth-order valence-corrected chi connectivity index (χ4v) is 3.09. The summed E-state index contributed by atoms with van der Waals surface area (Å²) in [5, 5.41) is 2.15. The van der Waals surface area contributed by atoms with Gasteiger partial charge in [-0.2, -0.15) is 13.2 Å². The lowest BCUT2D eigenvalue weighted by Crippen LogP contribution is -2.26. The first-order chi connectivity index (χ1) is 11.7. The van der Waals surface area contributed by atoms with Crippen molar-refractivity contribution in [2.45, 2.75) is 13.1 Å². The predicted octanol–water partition coefficient (Wildman–Crippen LogP) is 3.99. The van der Waals surface area contributed by atoms with E-state index in [1.807, 2.05) is 0 Å². The lowest BCUT2D eigenvalue weighted by molar-refractivity contribution is -0.137. The molecule has 3 aromatic rings. The van der Waals surface area contributed by atoms with Crippen molar-refractivity contribution in [1.82, 2.24) is 9.38 Å². The first kappa shape index (κ1) is 17.4. The summed E-state index contributed by atoms with van der Waals surface area (Å²) in [6.07, 6.45) is -1.97. The molecule has 1 N–H and O–H groups in total. The average molecular weight is 388 g/mol. The Balaban J connectivity index is 1.98. The molecular formula is C15H9ClF3N3O2S. The summed E-state index contributed by atoms with van der Waals surface area (Å²) in [5.41, 5.74) is -2.13. The van der Waals surface area contributed by atoms with Crippen LogP contribution in [0.4, 0.5) is 18.9 Å². The van der Waals surface area contributed by atoms with Crippen LogP contribution in [0, 0.1) is 6.92 Å². The molecule has 1 amide bonds. The molecule has 5 nitrogen and oxygen atoms in total. The number of nitrogens with one attached hydrogen (secondary N) is 1. The van der Waals surface area contributed by atoms with E-state index in [-0.39, 0.29) is 16.3 Å². The molecule has 0 saturated carbocycles. The molecule has 0 atom stereocenters. The summed E-state index contributed by atoms with van der Waals surface area (Å²) in [4.78, 5) is 29.9. The number of carbonyl (C=O) groups excluding carboxylic acids is 1. The smallest absolute Gasteiger partial charge is 0.320 e. The van der Waals surface area contributed by atoms with Crippen molar-refractivity contribution in [3.63, 3.8) is 0 Å². The molecule has 0 aliphatic rings. The Morgan fingerprint density at radius 1 is 1.36 bits per heavy atom. The molecule has 0 unspecified atom stereocenters. The number of aryl methyl sites for hydroxylation is 1. The molecule has 1 aromatic carbocycles. The molecule has 10 heteroatoms. The highest BCUT2D eigenvalue weighted by molar-refractivity contribution is 7.16. The minimum absolute atomic E-state index is 0.0816. The standard InChI is InChI=1S/C15H9ClF3N3O2S/c1-7-6-22-13(24)9(5-20-14(22)25-7)12(23)21-11-4-8(15(17,18)19)2-3-10(11)16/h2-6H,1H3,(H,21,23). The number of halogens is 4. The highest BCUT2D eigenvalue weighted by atomic mass is 35.5. The van der Waals surface area contributed by atoms with Crippen LogP contribution < -0.4 is 10.9 Å². The average Bonchev–Trinajstić information content (AvgIpc) is 2.90. The number of hydrogen-bond donors (Lipinski definition) is 1. The van der Waals surface area contributed by atoms with Crippen molar-refractivity contribution in [2.75, 3.05) is 5.32 Å². The van der Waals surface area contributed by atoms with E-state index in [0.29, 0.717) is 11.0 Å². The van der Waals surface area contributed by atoms with E-state index >= 15 is 0 Å². The first-order valence-corrected chi connectivity index (χ1v) is 8.02. The highest BCUT2D eigenvalue weighted by Crippen LogP contribution is 2.33. The number of rotatable bonds is 2. The van der Waals surface area contributed by atoms with Gasteiger partial charge in [-0.05, 0) is 25.1 Å². The zero-order valence-corrected chi connectivity index (χ0v) is 14.1. The van der Waals surface area contributed by atoms with E-state index in [9.17, 15) is 22.8 Å². The summed E-state index contributed by atoms with van der Waals surface area (Å²) in [6.45, 7) is 1.78. The van der Waals surface area contributed by atoms with E-state index in [2.05, 4.69) is 10.3 Å². The monoisotopic (exact) mass is 387 g/mol. The largest absolute Gasteiger partial charge is 0.416 e. The van der Waals surface area contributed by atoms with Crippen molar-refractivity contribution in [3.8, 4) is 0 Å². The Kier molecular flexibility index (Phi) is 4.29. The van der Waals surface area contributed by atoms with Gasteiger partial charge in [-0.3, -0.25) is 14.0 Å². The van der Waals surface area contributed by atoms with Gasteiger partial charge in [0.15, 0.2) is 4.96 Å². The fraction of sp³-hybridized carbons (Fsp3) is 0.133. The zero-order chi connectivity index (χ0) is 18.4. The predicted molar refractivity (Wildman–Crippen MR) is 88.5 cm³/mol. The molecule has 0 aliphatic heterocycles. The molecule has 130 valence electrons. The lowest BCUT2D eigenvalue weighted by atomic mass is 10.2. The number of benzene rings is 1. The highest BCUT2D eigenvalue weighted by Gasteiger charge is 2.31. The normalized spacial score (nSPS) is 11.7. The second-order valence-electron chi connectivity index (χ2n) is 5.12. The Hall–Kier alpha value is -2.39. The SMILES string of the molecule is Cc1cn2c(=O)c(C(=O)Nc3cc(C(F)(F)F)ccc3Cl)cnc2s1. The van der Waals surface area contributed by atoms with Crippen LogP contribution >= 0.6 is 22.9 Å². The van der Waals surface area contributed by atoms with E-state index in [4.69, 9.17) is 11.6 Å². The van der Waals surface area contributed by atoms with E-state index in [1.165, 1.54) is 21.9 Å². The van der Waals surface area contributed by atoms with Gasteiger partial charge in [0, 0.05) is 17.3 Å². The van der Waals surface area contributed by atoms with E-state index in [0.717, 1.165) is 23.2 Å². The number of carbonyl (C=O) groups is 1. The summed E-state index contributed by atoms with van der Waals surface area (Å²) in [5.74, 6) is -0.892. The number of anilines is 1. The van der Waals surface area contributed by atoms with Gasteiger partial charge in [-0.1, -0.05) is 11.6 Å². The van der Waals surface area contributed by atoms with Crippen molar-refractivity contribution in [1.29, 1.82) is 0 Å². The molecular weight excluding hydrogens is 379 g/mol. The van der Waals surface area contributed by atoms with Crippen molar-refractivity contribution < 1.29 is 18.0 Å². The minimum atomic E-state index is -4.59. The minimum Gasteiger partial charge on any atom is -0.320 e. The number of amides is 1. The zero-order valence-electron chi connectivity index (χ0n) is 12.5. The van der Waals surface area contributed by atoms with E-state index in [1.54, 1.807) is 6.92 Å². The van der Waals surface area contributed by atoms with Crippen LogP contribution in [-0.2, 0) is 6.18 Å². The quantitative estimate of drug-likeness (QED) is 0.723. The van der Waals surface area contributed by atoms with Crippen LogP contribution in [0.2, 0.25) is 5.02 Å². The Labute approximate surface area is 147 Å². The van der Waals surface area contributed by atoms with Crippen LogP contribution in [0.15, 0.2) is 35.4 Å². The molecule has 0 radical (unpaired) electrons. The van der Waals surface area contributed by atoms with Crippen LogP contribution in [0.5, 0.6) is 0 Å². The van der Waals surface area contributed by atoms with Gasteiger partial charge >= 0.3 is 6.18 Å². The Bertz CT molecular complexity index is 1040. The van der Waals surface area contributed by atoms with Gasteiger partial charge < -0.3 is 5.32 Å². The van der Waals surface area contributed by atoms with Crippen molar-refractivity contribution in [3.05, 3.63) is 62.0 Å². The van der Waals surface area contributed by atoms with Crippen molar-refractivity contribution >= 4 is 39.5 Å². The molecule has 3 rings (SSSR count). The maximum atomic E-state index is 12.8. The third-order valence-corrected chi connectivity index (χ3v) is 4.55. The van der Waals surface area contributed by atoms with Crippen LogP contribution in [0.3, 0.4) is 0 Å². The second-order valence-corrected chi connectivity index (χ2v) is 6.74. The second kappa shape index (κ2) is 6.16. The van der Waals surface area contributed by atoms with Gasteiger partial charge in [0.05, 0.1) is 16.3 Å². The van der Waals surface area contributed by atoms with E-state index < -0.39 is 23.2 Å². The van der Waals surface area contributed by atoms with Crippen LogP contribution in [0.25, 0.3) is 4.96 Å². The van der Waals surface area contributed by atoms with Crippen molar-refractivity contribution in [2.24, 2.45) is 0 Å². The number of nitrogens with zero attached hydrogens (tertiary/aromatic N) is 2. The summed E-state index contributed by atoms with van der Waals surface area (Å²) in [7, 11) is 0. The maximum Gasteiger partial charge on any atom is 0.416 e. The van der Waals surface area contributed by atoms with Gasteiger partial charge in [0.25, 0.3) is 11.5 Å². The third kappa shape index (κ3) is 3.38.